The zero-order valence-electron chi connectivity index (χ0n) is 15.9. The number of anilines is 1. The van der Waals surface area contributed by atoms with Gasteiger partial charge < -0.3 is 10.1 Å². The van der Waals surface area contributed by atoms with Crippen LogP contribution in [0.1, 0.15) is 10.5 Å². The lowest BCUT2D eigenvalue weighted by Crippen LogP contribution is -2.14. The van der Waals surface area contributed by atoms with E-state index in [2.05, 4.69) is 31.3 Å². The van der Waals surface area contributed by atoms with Crippen molar-refractivity contribution >= 4 is 54.6 Å². The second-order valence-electron chi connectivity index (χ2n) is 6.36. The van der Waals surface area contributed by atoms with Crippen molar-refractivity contribution in [3.8, 4) is 5.75 Å². The fraction of sp³-hybridized carbons (Fsp3) is 0.0500. The van der Waals surface area contributed by atoms with Crippen LogP contribution in [-0.4, -0.2) is 36.0 Å². The van der Waals surface area contributed by atoms with Gasteiger partial charge in [-0.15, -0.1) is 0 Å². The Morgan fingerprint density at radius 1 is 1.16 bits per heavy atom. The lowest BCUT2D eigenvalue weighted by molar-refractivity contribution is 0.102. The molecule has 0 saturated heterocycles. The highest BCUT2D eigenvalue weighted by molar-refractivity contribution is 9.10. The number of ether oxygens (including phenoxy) is 1. The summed E-state index contributed by atoms with van der Waals surface area (Å²) in [6, 6.07) is 11.7. The summed E-state index contributed by atoms with van der Waals surface area (Å²) in [7, 11) is -2.46. The summed E-state index contributed by atoms with van der Waals surface area (Å²) in [5.41, 5.74) is 0.807. The van der Waals surface area contributed by atoms with Crippen molar-refractivity contribution in [1.82, 2.24) is 14.6 Å². The van der Waals surface area contributed by atoms with Crippen molar-refractivity contribution in [3.63, 3.8) is 0 Å². The quantitative estimate of drug-likeness (QED) is 0.421. The van der Waals surface area contributed by atoms with Gasteiger partial charge in [-0.1, -0.05) is 11.6 Å². The van der Waals surface area contributed by atoms with Gasteiger partial charge in [0, 0.05) is 29.2 Å². The number of aromatic nitrogens is 3. The molecule has 0 atom stereocenters. The maximum atomic E-state index is 13.1. The van der Waals surface area contributed by atoms with E-state index in [-0.39, 0.29) is 26.9 Å². The summed E-state index contributed by atoms with van der Waals surface area (Å²) in [4.78, 5) is 17.0. The number of carbonyl (C=O) groups excluding carboxylic acids is 1. The molecule has 0 saturated carbocycles. The molecule has 1 N–H and O–H groups in total. The van der Waals surface area contributed by atoms with Crippen molar-refractivity contribution in [1.29, 1.82) is 0 Å². The molecule has 4 rings (SSSR count). The molecule has 11 heteroatoms. The Kier molecular flexibility index (Phi) is 5.69. The van der Waals surface area contributed by atoms with Gasteiger partial charge in [0.1, 0.15) is 5.75 Å². The minimum absolute atomic E-state index is 0.0415. The zero-order valence-corrected chi connectivity index (χ0v) is 19.1. The van der Waals surface area contributed by atoms with Crippen LogP contribution in [-0.2, 0) is 9.84 Å². The average Bonchev–Trinajstić information content (AvgIpc) is 3.10. The molecule has 0 aliphatic heterocycles. The third kappa shape index (κ3) is 4.14. The predicted molar refractivity (Wildman–Crippen MR) is 119 cm³/mol. The summed E-state index contributed by atoms with van der Waals surface area (Å²) < 4.78 is 33.2. The number of hydrogen-bond acceptors (Lipinski definition) is 6. The number of methoxy groups -OCH3 is 1. The van der Waals surface area contributed by atoms with Gasteiger partial charge >= 0.3 is 0 Å². The first-order valence-corrected chi connectivity index (χ1v) is 11.4. The molecular formula is C20H14BrClN4O4S. The molecule has 0 unspecified atom stereocenters. The van der Waals surface area contributed by atoms with Crippen molar-refractivity contribution in [2.24, 2.45) is 0 Å². The molecule has 1 amide bonds. The van der Waals surface area contributed by atoms with Crippen LogP contribution in [0.15, 0.2) is 75.2 Å². The van der Waals surface area contributed by atoms with Gasteiger partial charge in [0.15, 0.2) is 11.3 Å². The van der Waals surface area contributed by atoms with Gasteiger partial charge in [-0.05, 0) is 58.4 Å². The SMILES string of the molecule is COc1cc(NC(=O)c2nn3cccnc3c2Br)cc(S(=O)(=O)c2ccc(Cl)cc2)c1. The fourth-order valence-corrected chi connectivity index (χ4v) is 4.85. The van der Waals surface area contributed by atoms with Crippen molar-refractivity contribution in [2.45, 2.75) is 9.79 Å². The first kappa shape index (κ1) is 21.3. The monoisotopic (exact) mass is 520 g/mol. The minimum Gasteiger partial charge on any atom is -0.497 e. The summed E-state index contributed by atoms with van der Waals surface area (Å²) in [6.45, 7) is 0. The first-order valence-electron chi connectivity index (χ1n) is 8.79. The normalized spacial score (nSPS) is 11.5. The standard InChI is InChI=1S/C20H14BrClN4O4S/c1-30-14-9-13(10-16(11-14)31(28,29)15-5-3-12(22)4-6-15)24-20(27)18-17(21)19-23-7-2-8-26(19)25-18/h2-11H,1H3,(H,24,27). The predicted octanol–water partition coefficient (Wildman–Crippen LogP) is 4.24. The molecule has 0 aliphatic carbocycles. The van der Waals surface area contributed by atoms with E-state index in [0.717, 1.165) is 0 Å². The van der Waals surface area contributed by atoms with Crippen LogP contribution in [0, 0.1) is 0 Å². The number of rotatable bonds is 5. The molecule has 2 aromatic heterocycles. The van der Waals surface area contributed by atoms with Crippen molar-refractivity contribution in [2.75, 3.05) is 12.4 Å². The van der Waals surface area contributed by atoms with E-state index in [1.807, 2.05) is 0 Å². The van der Waals surface area contributed by atoms with Gasteiger partial charge in [0.2, 0.25) is 9.84 Å². The Labute approximate surface area is 190 Å². The third-order valence-corrected chi connectivity index (χ3v) is 7.09. The lowest BCUT2D eigenvalue weighted by atomic mass is 10.3. The molecule has 0 bridgehead atoms. The van der Waals surface area contributed by atoms with E-state index in [0.29, 0.717) is 15.1 Å². The third-order valence-electron chi connectivity index (χ3n) is 4.36. The fourth-order valence-electron chi connectivity index (χ4n) is 2.86. The molecule has 0 spiro atoms. The summed E-state index contributed by atoms with van der Waals surface area (Å²) in [5.74, 6) is -0.276. The van der Waals surface area contributed by atoms with Crippen molar-refractivity contribution < 1.29 is 17.9 Å². The molecular weight excluding hydrogens is 508 g/mol. The highest BCUT2D eigenvalue weighted by atomic mass is 79.9. The Bertz CT molecular complexity index is 1400. The van der Waals surface area contributed by atoms with Crippen LogP contribution in [0.4, 0.5) is 5.69 Å². The summed E-state index contributed by atoms with van der Waals surface area (Å²) >= 11 is 9.20. The van der Waals surface area contributed by atoms with Gasteiger partial charge in [-0.25, -0.2) is 17.9 Å². The number of hydrogen-bond donors (Lipinski definition) is 1. The Hall–Kier alpha value is -2.95. The topological polar surface area (TPSA) is 103 Å². The molecule has 0 aliphatic rings. The lowest BCUT2D eigenvalue weighted by Gasteiger charge is -2.11. The zero-order chi connectivity index (χ0) is 22.2. The number of sulfone groups is 1. The first-order chi connectivity index (χ1) is 14.8. The van der Waals surface area contributed by atoms with Gasteiger partial charge in [-0.2, -0.15) is 5.10 Å². The highest BCUT2D eigenvalue weighted by Gasteiger charge is 2.22. The largest absolute Gasteiger partial charge is 0.497 e. The van der Waals surface area contributed by atoms with Crippen LogP contribution in [0.5, 0.6) is 5.75 Å². The van der Waals surface area contributed by atoms with E-state index in [4.69, 9.17) is 16.3 Å². The minimum atomic E-state index is -3.87. The van der Waals surface area contributed by atoms with E-state index in [1.165, 1.54) is 54.1 Å². The number of carbonyl (C=O) groups is 1. The average molecular weight is 522 g/mol. The van der Waals surface area contributed by atoms with Crippen LogP contribution in [0.3, 0.4) is 0 Å². The number of fused-ring (bicyclic) bond motifs is 1. The Morgan fingerprint density at radius 3 is 2.58 bits per heavy atom. The van der Waals surface area contributed by atoms with E-state index >= 15 is 0 Å². The molecule has 2 heterocycles. The summed E-state index contributed by atoms with van der Waals surface area (Å²) in [6.07, 6.45) is 3.24. The molecule has 8 nitrogen and oxygen atoms in total. The molecule has 0 fully saturated rings. The smallest absolute Gasteiger partial charge is 0.277 e. The van der Waals surface area contributed by atoms with Crippen LogP contribution in [0.2, 0.25) is 5.02 Å². The maximum Gasteiger partial charge on any atom is 0.277 e. The van der Waals surface area contributed by atoms with Gasteiger partial charge in [-0.3, -0.25) is 4.79 Å². The summed E-state index contributed by atoms with van der Waals surface area (Å²) in [5, 5.41) is 7.30. The number of halogens is 2. The van der Waals surface area contributed by atoms with Crippen LogP contribution in [0.25, 0.3) is 5.65 Å². The molecule has 4 aromatic rings. The number of nitrogens with one attached hydrogen (secondary N) is 1. The molecule has 0 radical (unpaired) electrons. The maximum absolute atomic E-state index is 13.1. The second kappa shape index (κ2) is 8.29. The molecule has 31 heavy (non-hydrogen) atoms. The van der Waals surface area contributed by atoms with Crippen molar-refractivity contribution in [3.05, 3.63) is 76.1 Å². The Morgan fingerprint density at radius 2 is 1.90 bits per heavy atom. The Balaban J connectivity index is 1.71. The van der Waals surface area contributed by atoms with Gasteiger partial charge in [0.05, 0.1) is 21.4 Å². The van der Waals surface area contributed by atoms with E-state index < -0.39 is 15.7 Å². The van der Waals surface area contributed by atoms with Gasteiger partial charge in [0.25, 0.3) is 5.91 Å². The molecule has 158 valence electrons. The van der Waals surface area contributed by atoms with Crippen LogP contribution >= 0.6 is 27.5 Å². The number of amides is 1. The second-order valence-corrected chi connectivity index (χ2v) is 9.54. The van der Waals surface area contributed by atoms with E-state index in [9.17, 15) is 13.2 Å². The van der Waals surface area contributed by atoms with E-state index in [1.54, 1.807) is 18.5 Å². The number of nitrogens with zero attached hydrogens (tertiary/aromatic N) is 3. The molecule has 2 aromatic carbocycles. The number of benzene rings is 2. The van der Waals surface area contributed by atoms with Crippen LogP contribution < -0.4 is 10.1 Å². The highest BCUT2D eigenvalue weighted by Crippen LogP contribution is 2.30.